The molecule has 0 fully saturated rings. The van der Waals surface area contributed by atoms with Crippen molar-refractivity contribution in [2.75, 3.05) is 19.8 Å². The molecule has 0 rings (SSSR count). The maximum Gasteiger partial charge on any atom is 0.192 e. The van der Waals surface area contributed by atoms with Gasteiger partial charge in [-0.1, -0.05) is 20.8 Å². The van der Waals surface area contributed by atoms with E-state index in [0.29, 0.717) is 13.2 Å². The molecule has 15 heavy (non-hydrogen) atoms. The van der Waals surface area contributed by atoms with Crippen molar-refractivity contribution in [2.45, 2.75) is 45.2 Å². The summed E-state index contributed by atoms with van der Waals surface area (Å²) in [5.74, 6) is 0. The molecule has 0 aromatic carbocycles. The van der Waals surface area contributed by atoms with Crippen LogP contribution in [0.3, 0.4) is 0 Å². The zero-order valence-corrected chi connectivity index (χ0v) is 11.4. The van der Waals surface area contributed by atoms with Crippen LogP contribution in [0.15, 0.2) is 0 Å². The highest BCUT2D eigenvalue weighted by Gasteiger charge is 2.36. The van der Waals surface area contributed by atoms with E-state index in [2.05, 4.69) is 33.9 Å². The molecule has 2 N–H and O–H groups in total. The second-order valence-corrected chi connectivity index (χ2v) is 9.97. The van der Waals surface area contributed by atoms with Crippen molar-refractivity contribution in [3.8, 4) is 0 Å². The van der Waals surface area contributed by atoms with E-state index < -0.39 is 14.6 Å². The number of rotatable bonds is 6. The molecule has 0 spiro atoms. The zero-order valence-electron chi connectivity index (χ0n) is 10.4. The maximum atomic E-state index is 8.54. The molecule has 0 atom stereocenters. The minimum atomic E-state index is -1.69. The van der Waals surface area contributed by atoms with E-state index in [1.165, 1.54) is 0 Å². The molecule has 0 aromatic heterocycles. The quantitative estimate of drug-likeness (QED) is 0.415. The first-order valence-corrected chi connectivity index (χ1v) is 8.15. The van der Waals surface area contributed by atoms with E-state index >= 15 is 0 Å². The van der Waals surface area contributed by atoms with Gasteiger partial charge < -0.3 is 19.4 Å². The lowest BCUT2D eigenvalue weighted by Gasteiger charge is -2.36. The Labute approximate surface area is 93.3 Å². The lowest BCUT2D eigenvalue weighted by Crippen LogP contribution is -2.41. The number of hydrogen-bond donors (Lipinski definition) is 2. The van der Waals surface area contributed by atoms with E-state index in [9.17, 15) is 0 Å². The normalized spacial score (nSPS) is 13.6. The van der Waals surface area contributed by atoms with Crippen molar-refractivity contribution in [1.29, 1.82) is 0 Å². The van der Waals surface area contributed by atoms with Crippen LogP contribution < -0.4 is 0 Å². The minimum Gasteiger partial charge on any atom is -0.414 e. The summed E-state index contributed by atoms with van der Waals surface area (Å²) in [6, 6.07) is 0. The fraction of sp³-hybridized carbons (Fsp3) is 1.00. The molecule has 0 aliphatic rings. The van der Waals surface area contributed by atoms with Crippen molar-refractivity contribution in [3.63, 3.8) is 0 Å². The van der Waals surface area contributed by atoms with Crippen LogP contribution in [-0.4, -0.2) is 44.6 Å². The second-order valence-electron chi connectivity index (χ2n) is 5.16. The molecular formula is C10H24O4Si. The lowest BCUT2D eigenvalue weighted by atomic mass is 10.2. The van der Waals surface area contributed by atoms with Gasteiger partial charge in [0.15, 0.2) is 14.6 Å². The average Bonchev–Trinajstić information content (AvgIpc) is 2.00. The van der Waals surface area contributed by atoms with E-state index in [1.54, 1.807) is 0 Å². The molecule has 0 unspecified atom stereocenters. The van der Waals surface area contributed by atoms with Crippen LogP contribution in [0.4, 0.5) is 0 Å². The Kier molecular flexibility index (Phi) is 5.98. The van der Waals surface area contributed by atoms with Gasteiger partial charge in [-0.25, -0.2) is 0 Å². The van der Waals surface area contributed by atoms with Crippen molar-refractivity contribution in [2.24, 2.45) is 0 Å². The Morgan fingerprint density at radius 2 is 1.67 bits per heavy atom. The summed E-state index contributed by atoms with van der Waals surface area (Å²) in [5, 5.41) is 17.3. The van der Waals surface area contributed by atoms with Crippen molar-refractivity contribution >= 4 is 8.32 Å². The summed E-state index contributed by atoms with van der Waals surface area (Å²) in [5.41, 5.74) is 0. The van der Waals surface area contributed by atoms with Gasteiger partial charge in [-0.3, -0.25) is 0 Å². The highest BCUT2D eigenvalue weighted by atomic mass is 28.4. The zero-order chi connectivity index (χ0) is 12.1. The van der Waals surface area contributed by atoms with Crippen LogP contribution >= 0.6 is 0 Å². The van der Waals surface area contributed by atoms with Gasteiger partial charge in [-0.2, -0.15) is 0 Å². The molecule has 0 aliphatic carbocycles. The van der Waals surface area contributed by atoms with Crippen LogP contribution in [0.2, 0.25) is 18.1 Å². The largest absolute Gasteiger partial charge is 0.414 e. The molecule has 0 saturated heterocycles. The molecule has 0 saturated carbocycles. The smallest absolute Gasteiger partial charge is 0.192 e. The summed E-state index contributed by atoms with van der Waals surface area (Å²) in [4.78, 5) is 0. The molecule has 5 heteroatoms. The highest BCUT2D eigenvalue weighted by Crippen LogP contribution is 2.36. The van der Waals surface area contributed by atoms with Crippen molar-refractivity contribution in [1.82, 2.24) is 0 Å². The first-order chi connectivity index (χ1) is 6.67. The maximum absolute atomic E-state index is 8.54. The predicted octanol–water partition coefficient (Wildman–Crippen LogP) is 1.34. The first-order valence-electron chi connectivity index (χ1n) is 5.24. The van der Waals surface area contributed by atoms with E-state index in [0.717, 1.165) is 0 Å². The third-order valence-electron chi connectivity index (χ3n) is 2.76. The molecule has 0 aromatic rings. The molecule has 4 nitrogen and oxygen atoms in total. The van der Waals surface area contributed by atoms with Crippen LogP contribution in [-0.2, 0) is 9.16 Å². The molecule has 0 aliphatic heterocycles. The van der Waals surface area contributed by atoms with Gasteiger partial charge in [0, 0.05) is 0 Å². The number of ether oxygens (including phenoxy) is 1. The molecule has 92 valence electrons. The Hall–Kier alpha value is 0.0569. The second kappa shape index (κ2) is 5.96. The number of aliphatic hydroxyl groups excluding tert-OH is 1. The van der Waals surface area contributed by atoms with Gasteiger partial charge >= 0.3 is 0 Å². The molecular weight excluding hydrogens is 212 g/mol. The lowest BCUT2D eigenvalue weighted by molar-refractivity contribution is -0.0973. The van der Waals surface area contributed by atoms with Crippen molar-refractivity contribution < 1.29 is 19.4 Å². The fourth-order valence-corrected chi connectivity index (χ4v) is 1.79. The SMILES string of the molecule is CC(C)(C)[Si](C)(C)OCCOCC(O)O. The molecule has 0 heterocycles. The average molecular weight is 236 g/mol. The summed E-state index contributed by atoms with van der Waals surface area (Å²) in [6.07, 6.45) is -1.39. The van der Waals surface area contributed by atoms with Gasteiger partial charge in [0.25, 0.3) is 0 Å². The Morgan fingerprint density at radius 3 is 2.07 bits per heavy atom. The van der Waals surface area contributed by atoms with E-state index in [4.69, 9.17) is 19.4 Å². The molecule has 0 bridgehead atoms. The summed E-state index contributed by atoms with van der Waals surface area (Å²) in [6.45, 7) is 11.8. The van der Waals surface area contributed by atoms with Gasteiger partial charge in [-0.05, 0) is 18.1 Å². The third kappa shape index (κ3) is 6.27. The van der Waals surface area contributed by atoms with E-state index in [1.807, 2.05) is 0 Å². The van der Waals surface area contributed by atoms with Crippen LogP contribution in [0.25, 0.3) is 0 Å². The number of aliphatic hydroxyl groups is 2. The van der Waals surface area contributed by atoms with Gasteiger partial charge in [0.05, 0.1) is 19.8 Å². The van der Waals surface area contributed by atoms with Crippen molar-refractivity contribution in [3.05, 3.63) is 0 Å². The molecule has 0 radical (unpaired) electrons. The summed E-state index contributed by atoms with van der Waals surface area (Å²) in [7, 11) is -1.69. The highest BCUT2D eigenvalue weighted by molar-refractivity contribution is 6.74. The minimum absolute atomic E-state index is 0.0547. The van der Waals surface area contributed by atoms with Crippen LogP contribution in [0.5, 0.6) is 0 Å². The first kappa shape index (κ1) is 15.1. The predicted molar refractivity (Wildman–Crippen MR) is 62.2 cm³/mol. The molecule has 0 amide bonds. The summed E-state index contributed by atoms with van der Waals surface area (Å²) >= 11 is 0. The van der Waals surface area contributed by atoms with Crippen LogP contribution in [0, 0.1) is 0 Å². The van der Waals surface area contributed by atoms with Gasteiger partial charge in [0.1, 0.15) is 0 Å². The van der Waals surface area contributed by atoms with Crippen LogP contribution in [0.1, 0.15) is 20.8 Å². The Bertz CT molecular complexity index is 175. The number of hydrogen-bond acceptors (Lipinski definition) is 4. The summed E-state index contributed by atoms with van der Waals surface area (Å²) < 4.78 is 10.8. The fourth-order valence-electron chi connectivity index (χ4n) is 0.761. The monoisotopic (exact) mass is 236 g/mol. The third-order valence-corrected chi connectivity index (χ3v) is 7.30. The van der Waals surface area contributed by atoms with E-state index in [-0.39, 0.29) is 11.6 Å². The van der Waals surface area contributed by atoms with Gasteiger partial charge in [0.2, 0.25) is 0 Å². The topological polar surface area (TPSA) is 58.9 Å². The Balaban J connectivity index is 3.68. The van der Waals surface area contributed by atoms with Gasteiger partial charge in [-0.15, -0.1) is 0 Å². The Morgan fingerprint density at radius 1 is 1.13 bits per heavy atom. The standard InChI is InChI=1S/C10H24O4Si/c1-10(2,3)15(4,5)14-7-6-13-8-9(11)12/h9,11-12H,6-8H2,1-5H3.